The van der Waals surface area contributed by atoms with Gasteiger partial charge in [0.15, 0.2) is 0 Å². The minimum Gasteiger partial charge on any atom is -0.379 e. The number of benzene rings is 1. The van der Waals surface area contributed by atoms with Crippen molar-refractivity contribution in [2.45, 2.75) is 12.5 Å². The summed E-state index contributed by atoms with van der Waals surface area (Å²) in [5.74, 6) is -0.365. The number of hydrogen-bond acceptors (Lipinski definition) is 5. The second kappa shape index (κ2) is 7.40. The summed E-state index contributed by atoms with van der Waals surface area (Å²) in [6, 6.07) is 7.17. The van der Waals surface area contributed by atoms with Gasteiger partial charge in [0.25, 0.3) is 11.8 Å². The lowest BCUT2D eigenvalue weighted by molar-refractivity contribution is 0.0821. The van der Waals surface area contributed by atoms with Crippen LogP contribution in [0.4, 0.5) is 0 Å². The predicted octanol–water partition coefficient (Wildman–Crippen LogP) is 1.36. The third-order valence-electron chi connectivity index (χ3n) is 3.95. The molecule has 1 aromatic carbocycles. The molecule has 0 saturated carbocycles. The Bertz CT molecular complexity index is 785. The maximum atomic E-state index is 12.4. The zero-order valence-electron chi connectivity index (χ0n) is 14.2. The Labute approximate surface area is 146 Å². The summed E-state index contributed by atoms with van der Waals surface area (Å²) in [5, 5.41) is 2.96. The lowest BCUT2D eigenvalue weighted by Gasteiger charge is -2.12. The number of nitrogens with zero attached hydrogens (tertiary/aromatic N) is 3. The molecule has 0 unspecified atom stereocenters. The molecule has 0 bridgehead atoms. The summed E-state index contributed by atoms with van der Waals surface area (Å²) >= 11 is 0. The highest BCUT2D eigenvalue weighted by atomic mass is 16.5. The first-order valence-corrected chi connectivity index (χ1v) is 8.07. The number of ether oxygens (including phenoxy) is 1. The zero-order valence-corrected chi connectivity index (χ0v) is 14.2. The number of carbonyl (C=O) groups is 2. The Kier molecular flexibility index (Phi) is 5.04. The fraction of sp³-hybridized carbons (Fsp3) is 0.333. The molecule has 1 saturated heterocycles. The van der Waals surface area contributed by atoms with Crippen molar-refractivity contribution >= 4 is 11.8 Å². The molecular formula is C18H20N4O3. The Morgan fingerprint density at radius 3 is 2.84 bits per heavy atom. The monoisotopic (exact) mass is 340 g/mol. The number of hydrogen-bond donors (Lipinski definition) is 1. The number of amides is 2. The summed E-state index contributed by atoms with van der Waals surface area (Å²) in [6.45, 7) is 1.22. The van der Waals surface area contributed by atoms with E-state index in [9.17, 15) is 9.59 Å². The van der Waals surface area contributed by atoms with Gasteiger partial charge in [-0.05, 0) is 18.6 Å². The second-order valence-electron chi connectivity index (χ2n) is 6.10. The van der Waals surface area contributed by atoms with Crippen molar-refractivity contribution in [3.05, 3.63) is 47.9 Å². The molecule has 1 fully saturated rings. The van der Waals surface area contributed by atoms with E-state index in [-0.39, 0.29) is 23.6 Å². The minimum absolute atomic E-state index is 0.0528. The fourth-order valence-electron chi connectivity index (χ4n) is 2.57. The quantitative estimate of drug-likeness (QED) is 0.908. The van der Waals surface area contributed by atoms with Gasteiger partial charge in [0.05, 0.1) is 30.7 Å². The average molecular weight is 340 g/mol. The summed E-state index contributed by atoms with van der Waals surface area (Å²) < 4.78 is 5.27. The molecule has 2 amide bonds. The Balaban J connectivity index is 1.82. The van der Waals surface area contributed by atoms with Crippen molar-refractivity contribution in [2.24, 2.45) is 0 Å². The van der Waals surface area contributed by atoms with Gasteiger partial charge in [0.2, 0.25) is 0 Å². The van der Waals surface area contributed by atoms with E-state index in [0.29, 0.717) is 24.5 Å². The first kappa shape index (κ1) is 17.0. The van der Waals surface area contributed by atoms with Crippen LogP contribution in [-0.4, -0.2) is 60.0 Å². The van der Waals surface area contributed by atoms with Crippen LogP contribution in [0.25, 0.3) is 11.3 Å². The lowest BCUT2D eigenvalue weighted by Crippen LogP contribution is -2.34. The number of carbonyl (C=O) groups excluding carboxylic acids is 2. The Morgan fingerprint density at radius 1 is 1.28 bits per heavy atom. The van der Waals surface area contributed by atoms with Crippen molar-refractivity contribution in [1.82, 2.24) is 20.2 Å². The number of aromatic nitrogens is 2. The molecule has 7 nitrogen and oxygen atoms in total. The van der Waals surface area contributed by atoms with Gasteiger partial charge in [-0.25, -0.2) is 4.98 Å². The summed E-state index contributed by atoms with van der Waals surface area (Å²) in [5.41, 5.74) is 2.08. The molecule has 0 spiro atoms. The molecule has 2 heterocycles. The van der Waals surface area contributed by atoms with Gasteiger partial charge in [-0.2, -0.15) is 0 Å². The Morgan fingerprint density at radius 2 is 2.12 bits per heavy atom. The molecule has 3 rings (SSSR count). The maximum Gasteiger partial charge on any atom is 0.273 e. The standard InChI is InChI=1S/C18H20N4O3/c1-22(2)18(24)16-10-19-9-15(21-16)12-4-3-5-13(8-12)17(23)20-14-6-7-25-11-14/h3-5,8-10,14H,6-7,11H2,1-2H3,(H,20,23)/t14-/m0/s1. The van der Waals surface area contributed by atoms with E-state index in [1.807, 2.05) is 6.07 Å². The van der Waals surface area contributed by atoms with E-state index < -0.39 is 0 Å². The summed E-state index contributed by atoms with van der Waals surface area (Å²) in [4.78, 5) is 34.3. The van der Waals surface area contributed by atoms with Gasteiger partial charge in [-0.3, -0.25) is 14.6 Å². The first-order chi connectivity index (χ1) is 12.0. The topological polar surface area (TPSA) is 84.4 Å². The molecule has 0 aliphatic carbocycles. The first-order valence-electron chi connectivity index (χ1n) is 8.07. The minimum atomic E-state index is -0.218. The van der Waals surface area contributed by atoms with Crippen molar-refractivity contribution in [1.29, 1.82) is 0 Å². The smallest absolute Gasteiger partial charge is 0.273 e. The number of nitrogens with one attached hydrogen (secondary N) is 1. The SMILES string of the molecule is CN(C)C(=O)c1cncc(-c2cccc(C(=O)N[C@H]3CCOC3)c2)n1. The van der Waals surface area contributed by atoms with E-state index in [1.54, 1.807) is 38.5 Å². The molecule has 1 atom stereocenters. The molecule has 130 valence electrons. The van der Waals surface area contributed by atoms with Gasteiger partial charge < -0.3 is 15.0 Å². The molecule has 0 radical (unpaired) electrons. The predicted molar refractivity (Wildman–Crippen MR) is 92.2 cm³/mol. The van der Waals surface area contributed by atoms with Gasteiger partial charge in [0, 0.05) is 31.8 Å². The second-order valence-corrected chi connectivity index (χ2v) is 6.10. The highest BCUT2D eigenvalue weighted by molar-refractivity contribution is 5.96. The number of rotatable bonds is 4. The van der Waals surface area contributed by atoms with Crippen LogP contribution in [0.1, 0.15) is 27.3 Å². The van der Waals surface area contributed by atoms with Crippen LogP contribution in [0.5, 0.6) is 0 Å². The maximum absolute atomic E-state index is 12.4. The highest BCUT2D eigenvalue weighted by Crippen LogP contribution is 2.18. The molecule has 7 heteroatoms. The van der Waals surface area contributed by atoms with Crippen molar-refractivity contribution in [2.75, 3.05) is 27.3 Å². The normalized spacial score (nSPS) is 16.5. The zero-order chi connectivity index (χ0) is 17.8. The summed E-state index contributed by atoms with van der Waals surface area (Å²) in [7, 11) is 3.32. The van der Waals surface area contributed by atoms with Crippen molar-refractivity contribution in [3.8, 4) is 11.3 Å². The van der Waals surface area contributed by atoms with Crippen LogP contribution >= 0.6 is 0 Å². The highest BCUT2D eigenvalue weighted by Gasteiger charge is 2.19. The van der Waals surface area contributed by atoms with E-state index in [1.165, 1.54) is 11.1 Å². The van der Waals surface area contributed by atoms with E-state index in [0.717, 1.165) is 12.0 Å². The third-order valence-corrected chi connectivity index (χ3v) is 3.95. The summed E-state index contributed by atoms with van der Waals surface area (Å²) in [6.07, 6.45) is 3.84. The molecule has 1 aliphatic rings. The largest absolute Gasteiger partial charge is 0.379 e. The molecule has 1 aromatic heterocycles. The van der Waals surface area contributed by atoms with Gasteiger partial charge in [-0.15, -0.1) is 0 Å². The van der Waals surface area contributed by atoms with Crippen LogP contribution < -0.4 is 5.32 Å². The van der Waals surface area contributed by atoms with Crippen LogP contribution in [0, 0.1) is 0 Å². The van der Waals surface area contributed by atoms with Crippen molar-refractivity contribution < 1.29 is 14.3 Å². The van der Waals surface area contributed by atoms with E-state index in [2.05, 4.69) is 15.3 Å². The molecule has 1 aliphatic heterocycles. The molecular weight excluding hydrogens is 320 g/mol. The van der Waals surface area contributed by atoms with Crippen LogP contribution in [0.3, 0.4) is 0 Å². The Hall–Kier alpha value is -2.80. The van der Waals surface area contributed by atoms with Crippen LogP contribution in [-0.2, 0) is 4.74 Å². The molecule has 1 N–H and O–H groups in total. The molecule has 2 aromatic rings. The van der Waals surface area contributed by atoms with Crippen molar-refractivity contribution in [3.63, 3.8) is 0 Å². The third kappa shape index (κ3) is 4.00. The van der Waals surface area contributed by atoms with Gasteiger partial charge in [-0.1, -0.05) is 12.1 Å². The van der Waals surface area contributed by atoms with Crippen LogP contribution in [0.15, 0.2) is 36.7 Å². The van der Waals surface area contributed by atoms with Gasteiger partial charge in [0.1, 0.15) is 5.69 Å². The van der Waals surface area contributed by atoms with Gasteiger partial charge >= 0.3 is 0 Å². The average Bonchev–Trinajstić information content (AvgIpc) is 3.14. The van der Waals surface area contributed by atoms with E-state index >= 15 is 0 Å². The van der Waals surface area contributed by atoms with E-state index in [4.69, 9.17) is 4.74 Å². The lowest BCUT2D eigenvalue weighted by atomic mass is 10.1. The van der Waals surface area contributed by atoms with Crippen LogP contribution in [0.2, 0.25) is 0 Å². The fourth-order valence-corrected chi connectivity index (χ4v) is 2.57. The molecule has 25 heavy (non-hydrogen) atoms.